The standard InChI is InChI=1S/C38H27NO4S2/c1-38(2,3)26-16-22-29(23-17-26)45-33-9-5-7-31-35(33)37(41)30-6-4-8-32(34(30)36(31)40)44-28-20-14-25(15-21-28)11-10-24-12-18-27(19-13-24)39(42)43/h4-9,12-23H,1-3H3. The van der Waals surface area contributed by atoms with E-state index in [2.05, 4.69) is 56.9 Å². The van der Waals surface area contributed by atoms with E-state index in [-0.39, 0.29) is 22.7 Å². The zero-order valence-electron chi connectivity index (χ0n) is 24.8. The molecule has 5 aromatic rings. The van der Waals surface area contributed by atoms with Gasteiger partial charge in [0.15, 0.2) is 11.6 Å². The van der Waals surface area contributed by atoms with E-state index in [0.29, 0.717) is 27.8 Å². The molecule has 0 aliphatic heterocycles. The number of carbonyl (C=O) groups is 2. The molecule has 0 radical (unpaired) electrons. The van der Waals surface area contributed by atoms with Crippen molar-refractivity contribution in [3.8, 4) is 11.8 Å². The highest BCUT2D eigenvalue weighted by atomic mass is 32.2. The third-order valence-electron chi connectivity index (χ3n) is 7.46. The third-order valence-corrected chi connectivity index (χ3v) is 9.59. The molecule has 0 unspecified atom stereocenters. The Morgan fingerprint density at radius 1 is 0.600 bits per heavy atom. The molecule has 0 saturated carbocycles. The predicted molar refractivity (Wildman–Crippen MR) is 179 cm³/mol. The summed E-state index contributed by atoms with van der Waals surface area (Å²) in [5.41, 5.74) is 4.49. The highest BCUT2D eigenvalue weighted by molar-refractivity contribution is 7.99. The van der Waals surface area contributed by atoms with Crippen molar-refractivity contribution >= 4 is 40.8 Å². The zero-order chi connectivity index (χ0) is 31.7. The number of carbonyl (C=O) groups excluding carboxylic acids is 2. The SMILES string of the molecule is CC(C)(C)c1ccc(Sc2cccc3c2C(=O)c2cccc(Sc4ccc(C#Cc5ccc([N+](=O)[O-])cc5)cc4)c2C3=O)cc1. The first-order valence-corrected chi connectivity index (χ1v) is 15.9. The maximum absolute atomic E-state index is 13.9. The van der Waals surface area contributed by atoms with Crippen molar-refractivity contribution in [1.29, 1.82) is 0 Å². The van der Waals surface area contributed by atoms with Gasteiger partial charge in [-0.05, 0) is 71.6 Å². The van der Waals surface area contributed by atoms with Crippen LogP contribution in [0.25, 0.3) is 0 Å². The number of nitro groups is 1. The Balaban J connectivity index is 1.23. The first-order valence-electron chi connectivity index (χ1n) is 14.3. The fraction of sp³-hybridized carbons (Fsp3) is 0.105. The second-order valence-electron chi connectivity index (χ2n) is 11.6. The van der Waals surface area contributed by atoms with Gasteiger partial charge in [-0.1, -0.05) is 92.5 Å². The lowest BCUT2D eigenvalue weighted by Gasteiger charge is -2.22. The second-order valence-corrected chi connectivity index (χ2v) is 13.8. The molecular formula is C38H27NO4S2. The number of rotatable bonds is 5. The molecule has 220 valence electrons. The minimum Gasteiger partial charge on any atom is -0.289 e. The topological polar surface area (TPSA) is 77.3 Å². The fourth-order valence-electron chi connectivity index (χ4n) is 5.04. The van der Waals surface area contributed by atoms with Gasteiger partial charge in [-0.25, -0.2) is 0 Å². The van der Waals surface area contributed by atoms with Gasteiger partial charge in [0.25, 0.3) is 5.69 Å². The van der Waals surface area contributed by atoms with E-state index >= 15 is 0 Å². The Bertz CT molecular complexity index is 2030. The molecule has 5 nitrogen and oxygen atoms in total. The summed E-state index contributed by atoms with van der Waals surface area (Å²) in [5, 5.41) is 10.9. The number of nitro benzene ring substituents is 1. The summed E-state index contributed by atoms with van der Waals surface area (Å²) in [7, 11) is 0. The van der Waals surface area contributed by atoms with E-state index in [1.165, 1.54) is 41.2 Å². The molecule has 45 heavy (non-hydrogen) atoms. The van der Waals surface area contributed by atoms with Crippen LogP contribution in [-0.4, -0.2) is 16.5 Å². The summed E-state index contributed by atoms with van der Waals surface area (Å²) in [5.74, 6) is 5.80. The Morgan fingerprint density at radius 2 is 1.02 bits per heavy atom. The van der Waals surface area contributed by atoms with Crippen LogP contribution in [0.1, 0.15) is 69.3 Å². The van der Waals surface area contributed by atoms with E-state index in [1.54, 1.807) is 24.3 Å². The van der Waals surface area contributed by atoms with Crippen molar-refractivity contribution in [1.82, 2.24) is 0 Å². The van der Waals surface area contributed by atoms with Crippen molar-refractivity contribution in [3.05, 3.63) is 158 Å². The molecule has 0 atom stereocenters. The third kappa shape index (κ3) is 6.34. The minimum atomic E-state index is -0.440. The molecule has 7 heteroatoms. The number of hydrogen-bond donors (Lipinski definition) is 0. The number of fused-ring (bicyclic) bond motifs is 2. The molecule has 6 rings (SSSR count). The molecule has 1 aliphatic carbocycles. The van der Waals surface area contributed by atoms with Crippen LogP contribution in [0.4, 0.5) is 5.69 Å². The van der Waals surface area contributed by atoms with Crippen LogP contribution in [0, 0.1) is 22.0 Å². The summed E-state index contributed by atoms with van der Waals surface area (Å²) in [6.45, 7) is 6.52. The van der Waals surface area contributed by atoms with Gasteiger partial charge in [-0.3, -0.25) is 19.7 Å². The number of nitrogens with zero attached hydrogens (tertiary/aromatic N) is 1. The van der Waals surface area contributed by atoms with Crippen molar-refractivity contribution in [2.75, 3.05) is 0 Å². The van der Waals surface area contributed by atoms with Crippen LogP contribution in [0.2, 0.25) is 0 Å². The Labute approximate surface area is 270 Å². The van der Waals surface area contributed by atoms with E-state index in [1.807, 2.05) is 48.5 Å². The molecule has 0 fully saturated rings. The quantitative estimate of drug-likeness (QED) is 0.108. The molecule has 0 amide bonds. The summed E-state index contributed by atoms with van der Waals surface area (Å²) in [4.78, 5) is 41.7. The summed E-state index contributed by atoms with van der Waals surface area (Å²) in [6, 6.07) is 33.0. The summed E-state index contributed by atoms with van der Waals surface area (Å²) < 4.78 is 0. The van der Waals surface area contributed by atoms with Crippen molar-refractivity contribution in [3.63, 3.8) is 0 Å². The summed E-state index contributed by atoms with van der Waals surface area (Å²) >= 11 is 2.93. The van der Waals surface area contributed by atoms with Crippen LogP contribution < -0.4 is 0 Å². The van der Waals surface area contributed by atoms with Gasteiger partial charge in [-0.15, -0.1) is 0 Å². The van der Waals surface area contributed by atoms with E-state index in [9.17, 15) is 19.7 Å². The minimum absolute atomic E-state index is 0.0231. The first kappa shape index (κ1) is 30.1. The van der Waals surface area contributed by atoms with Crippen molar-refractivity contribution in [2.24, 2.45) is 0 Å². The highest BCUT2D eigenvalue weighted by Gasteiger charge is 2.33. The number of hydrogen-bond acceptors (Lipinski definition) is 6. The molecule has 0 bridgehead atoms. The molecule has 0 heterocycles. The average Bonchev–Trinajstić information content (AvgIpc) is 3.03. The lowest BCUT2D eigenvalue weighted by molar-refractivity contribution is -0.384. The maximum Gasteiger partial charge on any atom is 0.269 e. The lowest BCUT2D eigenvalue weighted by Crippen LogP contribution is -2.22. The van der Waals surface area contributed by atoms with Gasteiger partial charge < -0.3 is 0 Å². The number of non-ortho nitro benzene ring substituents is 1. The van der Waals surface area contributed by atoms with E-state index < -0.39 is 4.92 Å². The van der Waals surface area contributed by atoms with Crippen molar-refractivity contribution < 1.29 is 14.5 Å². The maximum atomic E-state index is 13.9. The van der Waals surface area contributed by atoms with Gasteiger partial charge in [0.2, 0.25) is 0 Å². The average molecular weight is 626 g/mol. The monoisotopic (exact) mass is 625 g/mol. The molecule has 0 saturated heterocycles. The van der Waals surface area contributed by atoms with E-state index in [0.717, 1.165) is 25.1 Å². The summed E-state index contributed by atoms with van der Waals surface area (Å²) in [6.07, 6.45) is 0. The van der Waals surface area contributed by atoms with Gasteiger partial charge in [-0.2, -0.15) is 0 Å². The smallest absolute Gasteiger partial charge is 0.269 e. The molecule has 1 aliphatic rings. The van der Waals surface area contributed by atoms with Gasteiger partial charge >= 0.3 is 0 Å². The molecule has 0 N–H and O–H groups in total. The van der Waals surface area contributed by atoms with E-state index in [4.69, 9.17) is 0 Å². The molecular weight excluding hydrogens is 599 g/mol. The fourth-order valence-corrected chi connectivity index (χ4v) is 7.00. The number of ketones is 2. The second kappa shape index (κ2) is 12.2. The van der Waals surface area contributed by atoms with Crippen LogP contribution >= 0.6 is 23.5 Å². The number of benzene rings is 5. The molecule has 5 aromatic carbocycles. The first-order chi connectivity index (χ1) is 21.6. The van der Waals surface area contributed by atoms with Crippen LogP contribution in [0.3, 0.4) is 0 Å². The van der Waals surface area contributed by atoms with Crippen LogP contribution in [0.15, 0.2) is 129 Å². The highest BCUT2D eigenvalue weighted by Crippen LogP contribution is 2.41. The lowest BCUT2D eigenvalue weighted by atomic mass is 9.84. The van der Waals surface area contributed by atoms with Gasteiger partial charge in [0.05, 0.1) is 4.92 Å². The molecule has 0 spiro atoms. The normalized spacial score (nSPS) is 12.2. The predicted octanol–water partition coefficient (Wildman–Crippen LogP) is 9.37. The van der Waals surface area contributed by atoms with Crippen LogP contribution in [0.5, 0.6) is 0 Å². The largest absolute Gasteiger partial charge is 0.289 e. The molecule has 0 aromatic heterocycles. The van der Waals surface area contributed by atoms with Gasteiger partial charge in [0.1, 0.15) is 0 Å². The van der Waals surface area contributed by atoms with Crippen molar-refractivity contribution in [2.45, 2.75) is 45.8 Å². The van der Waals surface area contributed by atoms with Crippen LogP contribution in [-0.2, 0) is 5.41 Å². The van der Waals surface area contributed by atoms with Gasteiger partial charge in [0, 0.05) is 65.1 Å². The Kier molecular flexibility index (Phi) is 8.20. The Hall–Kier alpha value is -4.90. The zero-order valence-corrected chi connectivity index (χ0v) is 26.4. The Morgan fingerprint density at radius 3 is 1.44 bits per heavy atom.